The van der Waals surface area contributed by atoms with E-state index < -0.39 is 11.7 Å². The van der Waals surface area contributed by atoms with Gasteiger partial charge in [0, 0.05) is 8.81 Å². The van der Waals surface area contributed by atoms with Gasteiger partial charge < -0.3 is 9.63 Å². The third-order valence-electron chi connectivity index (χ3n) is 2.71. The molecular weight excluding hydrogens is 324 g/mol. The van der Waals surface area contributed by atoms with Crippen LogP contribution in [0.15, 0.2) is 42.5 Å². The second-order valence-corrected chi connectivity index (χ2v) is 5.45. The van der Waals surface area contributed by atoms with Gasteiger partial charge in [0.2, 0.25) is 0 Å². The summed E-state index contributed by atoms with van der Waals surface area (Å²) in [5.41, 5.74) is -0.0201. The molecule has 2 nitrogen and oxygen atoms in total. The van der Waals surface area contributed by atoms with Gasteiger partial charge in [-0.15, -0.1) is 0 Å². The second kappa shape index (κ2) is 6.65. The van der Waals surface area contributed by atoms with E-state index in [1.165, 1.54) is 6.07 Å². The Labute approximate surface area is 126 Å². The predicted molar refractivity (Wildman–Crippen MR) is 77.4 cm³/mol. The molecule has 1 unspecified atom stereocenters. The van der Waals surface area contributed by atoms with Crippen LogP contribution in [0.5, 0.6) is 5.75 Å². The molecule has 2 rings (SSSR count). The molecule has 112 valence electrons. The lowest BCUT2D eigenvalue weighted by Gasteiger charge is -2.11. The second-order valence-electron chi connectivity index (χ2n) is 4.24. The molecule has 0 saturated carbocycles. The minimum Gasteiger partial charge on any atom is -0.487 e. The number of hydrogen-bond acceptors (Lipinski definition) is 2. The number of alkyl halides is 3. The quantitative estimate of drug-likeness (QED) is 0.851. The number of rotatable bonds is 4. The van der Waals surface area contributed by atoms with Crippen molar-refractivity contribution in [3.63, 3.8) is 0 Å². The van der Waals surface area contributed by atoms with Crippen LogP contribution in [0.3, 0.4) is 0 Å². The lowest BCUT2D eigenvalue weighted by Crippen LogP contribution is -2.05. The molecule has 0 heterocycles. The van der Waals surface area contributed by atoms with Crippen LogP contribution in [0, 0.1) is 0 Å². The molecule has 0 bridgehead atoms. The zero-order valence-electron chi connectivity index (χ0n) is 10.6. The molecule has 0 aromatic heterocycles. The number of hydrogen-bond donors (Lipinski definition) is 1. The van der Waals surface area contributed by atoms with Crippen molar-refractivity contribution < 1.29 is 22.8 Å². The fourth-order valence-corrected chi connectivity index (χ4v) is 2.34. The van der Waals surface area contributed by atoms with Crippen molar-refractivity contribution in [2.45, 2.75) is 12.8 Å². The van der Waals surface area contributed by atoms with Gasteiger partial charge in [0.1, 0.15) is 12.4 Å². The molecule has 0 saturated heterocycles. The lowest BCUT2D eigenvalue weighted by molar-refractivity contribution is -0.137. The Morgan fingerprint density at radius 1 is 1.14 bits per heavy atom. The Morgan fingerprint density at radius 3 is 2.52 bits per heavy atom. The summed E-state index contributed by atoms with van der Waals surface area (Å²) in [6.45, 7) is 0.156. The van der Waals surface area contributed by atoms with Crippen LogP contribution in [0.2, 0.25) is 5.02 Å². The average Bonchev–Trinajstić information content (AvgIpc) is 2.45. The summed E-state index contributed by atoms with van der Waals surface area (Å²) in [7, 11) is -0.320. The largest absolute Gasteiger partial charge is 0.487 e. The van der Waals surface area contributed by atoms with Crippen LogP contribution in [0.4, 0.5) is 13.2 Å². The third-order valence-corrected chi connectivity index (χ3v) is 3.57. The van der Waals surface area contributed by atoms with Gasteiger partial charge in [-0.3, -0.25) is 0 Å². The summed E-state index contributed by atoms with van der Waals surface area (Å²) in [6.07, 6.45) is -4.43. The molecule has 0 aliphatic rings. The first-order valence-corrected chi connectivity index (χ1v) is 7.21. The van der Waals surface area contributed by atoms with Crippen molar-refractivity contribution in [2.24, 2.45) is 0 Å². The number of ether oxygens (including phenoxy) is 1. The van der Waals surface area contributed by atoms with Gasteiger partial charge in [-0.25, -0.2) is 0 Å². The van der Waals surface area contributed by atoms with Gasteiger partial charge in [-0.1, -0.05) is 29.8 Å². The summed E-state index contributed by atoms with van der Waals surface area (Å²) in [5.74, 6) is 0.182. The van der Waals surface area contributed by atoms with Crippen molar-refractivity contribution in [2.75, 3.05) is 0 Å². The molecule has 0 radical (unpaired) electrons. The molecule has 21 heavy (non-hydrogen) atoms. The minimum atomic E-state index is -4.43. The molecule has 0 aliphatic heterocycles. The van der Waals surface area contributed by atoms with Crippen LogP contribution in [-0.2, 0) is 12.8 Å². The van der Waals surface area contributed by atoms with Gasteiger partial charge in [-0.2, -0.15) is 13.2 Å². The summed E-state index contributed by atoms with van der Waals surface area (Å²) < 4.78 is 42.9. The first-order valence-electron chi connectivity index (χ1n) is 5.89. The molecule has 7 heteroatoms. The first kappa shape index (κ1) is 16.1. The summed E-state index contributed by atoms with van der Waals surface area (Å²) in [5, 5.41) is 0.666. The third kappa shape index (κ3) is 4.34. The monoisotopic (exact) mass is 334 g/mol. The first-order chi connectivity index (χ1) is 9.90. The van der Waals surface area contributed by atoms with E-state index in [1.807, 2.05) is 0 Å². The molecule has 1 atom stereocenters. The molecule has 2 aromatic rings. The van der Waals surface area contributed by atoms with Crippen molar-refractivity contribution in [1.29, 1.82) is 0 Å². The van der Waals surface area contributed by atoms with Crippen molar-refractivity contribution in [3.8, 4) is 5.75 Å². The average molecular weight is 335 g/mol. The minimum absolute atomic E-state index is 0.0926. The summed E-state index contributed by atoms with van der Waals surface area (Å²) >= 11 is 5.80. The van der Waals surface area contributed by atoms with Crippen LogP contribution >= 0.6 is 20.4 Å². The van der Waals surface area contributed by atoms with Gasteiger partial charge in [0.15, 0.2) is 0 Å². The Hall–Kier alpha value is -1.29. The molecule has 1 N–H and O–H groups in total. The van der Waals surface area contributed by atoms with Crippen molar-refractivity contribution >= 4 is 25.7 Å². The maximum Gasteiger partial charge on any atom is 0.416 e. The summed E-state index contributed by atoms with van der Waals surface area (Å²) in [6, 6.07) is 10.1. The van der Waals surface area contributed by atoms with Gasteiger partial charge in [0.05, 0.1) is 10.6 Å². The normalized spacial score (nSPS) is 12.0. The van der Waals surface area contributed by atoms with Crippen LogP contribution in [0.1, 0.15) is 11.1 Å². The highest BCUT2D eigenvalue weighted by Crippen LogP contribution is 2.34. The Balaban J connectivity index is 2.10. The number of benzene rings is 2. The van der Waals surface area contributed by atoms with E-state index in [0.717, 1.165) is 23.0 Å². The number of halogens is 4. The van der Waals surface area contributed by atoms with Crippen LogP contribution in [-0.4, -0.2) is 4.89 Å². The lowest BCUT2D eigenvalue weighted by atomic mass is 10.2. The predicted octanol–water partition coefficient (Wildman–Crippen LogP) is 4.15. The zero-order valence-corrected chi connectivity index (χ0v) is 12.4. The molecule has 0 fully saturated rings. The van der Waals surface area contributed by atoms with Crippen LogP contribution < -0.4 is 10.0 Å². The summed E-state index contributed by atoms with van der Waals surface area (Å²) in [4.78, 5) is 9.06. The Bertz CT molecular complexity index is 632. The molecular formula is C14H11ClF3O2P. The molecule has 2 aromatic carbocycles. The van der Waals surface area contributed by atoms with E-state index >= 15 is 0 Å². The highest BCUT2D eigenvalue weighted by atomic mass is 35.5. The van der Waals surface area contributed by atoms with E-state index in [2.05, 4.69) is 0 Å². The van der Waals surface area contributed by atoms with E-state index in [0.29, 0.717) is 0 Å². The highest BCUT2D eigenvalue weighted by Gasteiger charge is 2.31. The molecule has 0 amide bonds. The topological polar surface area (TPSA) is 29.5 Å². The SMILES string of the molecule is OPc1cccc(COc2ccc(C(F)(F)F)cc2Cl)c1. The zero-order chi connectivity index (χ0) is 15.5. The Morgan fingerprint density at radius 2 is 1.90 bits per heavy atom. The van der Waals surface area contributed by atoms with E-state index in [-0.39, 0.29) is 26.2 Å². The van der Waals surface area contributed by atoms with E-state index in [9.17, 15) is 13.2 Å². The smallest absolute Gasteiger partial charge is 0.416 e. The molecule has 0 spiro atoms. The Kier molecular flexibility index (Phi) is 5.09. The standard InChI is InChI=1S/C14H11ClF3O2P/c15-12-7-10(14(16,17)18)4-5-13(12)20-8-9-2-1-3-11(6-9)21-19/h1-7,19,21H,8H2. The van der Waals surface area contributed by atoms with Crippen molar-refractivity contribution in [3.05, 3.63) is 58.6 Å². The van der Waals surface area contributed by atoms with Gasteiger partial charge >= 0.3 is 6.18 Å². The van der Waals surface area contributed by atoms with Gasteiger partial charge in [-0.05, 0) is 35.1 Å². The van der Waals surface area contributed by atoms with E-state index in [1.54, 1.807) is 24.3 Å². The van der Waals surface area contributed by atoms with E-state index in [4.69, 9.17) is 21.2 Å². The molecule has 0 aliphatic carbocycles. The fraction of sp³-hybridized carbons (Fsp3) is 0.143. The highest BCUT2D eigenvalue weighted by molar-refractivity contribution is 7.40. The maximum atomic E-state index is 12.5. The van der Waals surface area contributed by atoms with Crippen molar-refractivity contribution in [1.82, 2.24) is 0 Å². The van der Waals surface area contributed by atoms with Crippen LogP contribution in [0.25, 0.3) is 0 Å². The fourth-order valence-electron chi connectivity index (χ4n) is 1.69. The van der Waals surface area contributed by atoms with Gasteiger partial charge in [0.25, 0.3) is 0 Å². The maximum absolute atomic E-state index is 12.5.